The van der Waals surface area contributed by atoms with E-state index in [1.54, 1.807) is 29.6 Å². The van der Waals surface area contributed by atoms with Crippen molar-refractivity contribution in [1.82, 2.24) is 9.55 Å². The Kier molecular flexibility index (Phi) is 2.64. The summed E-state index contributed by atoms with van der Waals surface area (Å²) in [5, 5.41) is 1.30. The summed E-state index contributed by atoms with van der Waals surface area (Å²) in [5.74, 6) is 0. The molecular formula is C12H12N2O2S. The lowest BCUT2D eigenvalue weighted by atomic mass is 10.2. The van der Waals surface area contributed by atoms with E-state index in [0.717, 1.165) is 15.8 Å². The van der Waals surface area contributed by atoms with Gasteiger partial charge in [-0.3, -0.25) is 4.57 Å². The summed E-state index contributed by atoms with van der Waals surface area (Å²) >= 11 is 1.77. The zero-order chi connectivity index (χ0) is 11.8. The van der Waals surface area contributed by atoms with Gasteiger partial charge in [-0.25, -0.2) is 9.78 Å². The van der Waals surface area contributed by atoms with Crippen molar-refractivity contribution in [3.8, 4) is 0 Å². The molecule has 0 fully saturated rings. The van der Waals surface area contributed by atoms with Crippen molar-refractivity contribution in [2.24, 2.45) is 0 Å². The fourth-order valence-electron chi connectivity index (χ4n) is 2.18. The number of hydrogen-bond acceptors (Lipinski definition) is 4. The Balaban J connectivity index is 2.22. The summed E-state index contributed by atoms with van der Waals surface area (Å²) in [6, 6.07) is 6.03. The van der Waals surface area contributed by atoms with Crippen molar-refractivity contribution in [3.05, 3.63) is 34.9 Å². The molecule has 0 bridgehead atoms. The van der Waals surface area contributed by atoms with E-state index < -0.39 is 0 Å². The minimum Gasteiger partial charge on any atom is -0.383 e. The number of benzene rings is 1. The first-order chi connectivity index (χ1) is 8.29. The van der Waals surface area contributed by atoms with Crippen LogP contribution in [0.2, 0.25) is 0 Å². The summed E-state index contributed by atoms with van der Waals surface area (Å²) in [4.78, 5) is 16.8. The molecule has 1 atom stereocenters. The summed E-state index contributed by atoms with van der Waals surface area (Å²) < 4.78 is 6.93. The number of aromatic nitrogens is 2. The molecule has 2 aromatic rings. The fourth-order valence-corrected chi connectivity index (χ4v) is 3.46. The van der Waals surface area contributed by atoms with Crippen LogP contribution in [-0.4, -0.2) is 28.5 Å². The van der Waals surface area contributed by atoms with Crippen LogP contribution in [0.25, 0.3) is 10.9 Å². The third-order valence-corrected chi connectivity index (χ3v) is 4.08. The predicted octanol–water partition coefficient (Wildman–Crippen LogP) is 1.52. The minimum absolute atomic E-state index is 0.175. The van der Waals surface area contributed by atoms with E-state index in [-0.39, 0.29) is 10.9 Å². The van der Waals surface area contributed by atoms with E-state index in [2.05, 4.69) is 4.98 Å². The van der Waals surface area contributed by atoms with E-state index in [1.807, 2.05) is 18.2 Å². The molecule has 1 aliphatic rings. The van der Waals surface area contributed by atoms with Crippen LogP contribution in [0, 0.1) is 0 Å². The SMILES string of the molecule is COCC1Cn2c(=O)ncc3cccc(c32)S1. The molecule has 1 aromatic heterocycles. The van der Waals surface area contributed by atoms with Gasteiger partial charge >= 0.3 is 5.69 Å². The average molecular weight is 248 g/mol. The van der Waals surface area contributed by atoms with E-state index in [1.165, 1.54) is 0 Å². The van der Waals surface area contributed by atoms with Crippen molar-refractivity contribution >= 4 is 22.7 Å². The first-order valence-corrected chi connectivity index (χ1v) is 6.31. The quantitative estimate of drug-likeness (QED) is 0.808. The lowest BCUT2D eigenvalue weighted by Gasteiger charge is -2.24. The first kappa shape index (κ1) is 10.8. The zero-order valence-electron chi connectivity index (χ0n) is 9.42. The van der Waals surface area contributed by atoms with Crippen molar-refractivity contribution in [1.29, 1.82) is 0 Å². The van der Waals surface area contributed by atoms with Gasteiger partial charge in [-0.2, -0.15) is 0 Å². The Morgan fingerprint density at radius 2 is 2.47 bits per heavy atom. The molecule has 17 heavy (non-hydrogen) atoms. The highest BCUT2D eigenvalue weighted by atomic mass is 32.2. The van der Waals surface area contributed by atoms with Crippen LogP contribution in [0.5, 0.6) is 0 Å². The highest BCUT2D eigenvalue weighted by Crippen LogP contribution is 2.34. The Morgan fingerprint density at radius 1 is 1.59 bits per heavy atom. The molecule has 1 aliphatic heterocycles. The van der Waals surface area contributed by atoms with Crippen LogP contribution in [0.1, 0.15) is 0 Å². The average Bonchev–Trinajstić information content (AvgIpc) is 2.34. The van der Waals surface area contributed by atoms with Gasteiger partial charge in [-0.1, -0.05) is 12.1 Å². The molecule has 0 saturated carbocycles. The molecule has 0 N–H and O–H groups in total. The molecule has 0 radical (unpaired) electrons. The van der Waals surface area contributed by atoms with Crippen LogP contribution in [0.4, 0.5) is 0 Å². The number of ether oxygens (including phenoxy) is 1. The first-order valence-electron chi connectivity index (χ1n) is 5.44. The fraction of sp³-hybridized carbons (Fsp3) is 0.333. The summed E-state index contributed by atoms with van der Waals surface area (Å²) in [6.07, 6.45) is 1.65. The Morgan fingerprint density at radius 3 is 3.29 bits per heavy atom. The summed E-state index contributed by atoms with van der Waals surface area (Å²) in [5.41, 5.74) is 0.830. The Hall–Kier alpha value is -1.33. The third kappa shape index (κ3) is 1.75. The van der Waals surface area contributed by atoms with Crippen molar-refractivity contribution in [2.75, 3.05) is 13.7 Å². The number of para-hydroxylation sites is 1. The van der Waals surface area contributed by atoms with Gasteiger partial charge in [0.1, 0.15) is 0 Å². The van der Waals surface area contributed by atoms with Gasteiger partial charge in [0.15, 0.2) is 0 Å². The molecule has 1 unspecified atom stereocenters. The van der Waals surface area contributed by atoms with Crippen LogP contribution in [0.3, 0.4) is 0 Å². The van der Waals surface area contributed by atoms with Gasteiger partial charge in [0.2, 0.25) is 0 Å². The standard InChI is InChI=1S/C12H12N2O2S/c1-16-7-9-6-14-11-8(5-13-12(14)15)3-2-4-10(11)17-9/h2-5,9H,6-7H2,1H3. The Bertz CT molecular complexity index is 623. The van der Waals surface area contributed by atoms with Gasteiger partial charge in [-0.15, -0.1) is 11.8 Å². The summed E-state index contributed by atoms with van der Waals surface area (Å²) in [6.45, 7) is 1.31. The number of thioether (sulfide) groups is 1. The van der Waals surface area contributed by atoms with E-state index in [0.29, 0.717) is 13.2 Å². The molecule has 0 amide bonds. The van der Waals surface area contributed by atoms with E-state index in [9.17, 15) is 4.79 Å². The largest absolute Gasteiger partial charge is 0.383 e. The highest BCUT2D eigenvalue weighted by Gasteiger charge is 2.22. The lowest BCUT2D eigenvalue weighted by Crippen LogP contribution is -2.32. The maximum absolute atomic E-state index is 11.8. The molecule has 3 rings (SSSR count). The van der Waals surface area contributed by atoms with Gasteiger partial charge in [0.05, 0.1) is 17.4 Å². The van der Waals surface area contributed by atoms with Gasteiger partial charge in [0.25, 0.3) is 0 Å². The molecule has 0 aliphatic carbocycles. The lowest BCUT2D eigenvalue weighted by molar-refractivity contribution is 0.194. The zero-order valence-corrected chi connectivity index (χ0v) is 10.2. The third-order valence-electron chi connectivity index (χ3n) is 2.88. The van der Waals surface area contributed by atoms with Crippen molar-refractivity contribution in [2.45, 2.75) is 16.7 Å². The maximum atomic E-state index is 11.8. The second-order valence-electron chi connectivity index (χ2n) is 4.04. The van der Waals surface area contributed by atoms with Crippen LogP contribution in [-0.2, 0) is 11.3 Å². The monoisotopic (exact) mass is 248 g/mol. The smallest absolute Gasteiger partial charge is 0.348 e. The molecule has 1 aromatic carbocycles. The topological polar surface area (TPSA) is 44.1 Å². The predicted molar refractivity (Wildman–Crippen MR) is 67.5 cm³/mol. The second-order valence-corrected chi connectivity index (χ2v) is 5.38. The molecule has 4 nitrogen and oxygen atoms in total. The molecule has 2 heterocycles. The Labute approximate surface area is 103 Å². The highest BCUT2D eigenvalue weighted by molar-refractivity contribution is 8.00. The molecule has 5 heteroatoms. The van der Waals surface area contributed by atoms with Gasteiger partial charge in [-0.05, 0) is 6.07 Å². The number of hydrogen-bond donors (Lipinski definition) is 0. The number of rotatable bonds is 2. The van der Waals surface area contributed by atoms with Crippen LogP contribution >= 0.6 is 11.8 Å². The second kappa shape index (κ2) is 4.16. The number of nitrogens with zero attached hydrogens (tertiary/aromatic N) is 2. The van der Waals surface area contributed by atoms with Gasteiger partial charge < -0.3 is 4.74 Å². The maximum Gasteiger partial charge on any atom is 0.348 e. The minimum atomic E-state index is -0.175. The van der Waals surface area contributed by atoms with Crippen molar-refractivity contribution < 1.29 is 4.74 Å². The molecular weight excluding hydrogens is 236 g/mol. The van der Waals surface area contributed by atoms with Crippen LogP contribution < -0.4 is 5.69 Å². The van der Waals surface area contributed by atoms with E-state index >= 15 is 0 Å². The van der Waals surface area contributed by atoms with Crippen LogP contribution in [0.15, 0.2) is 34.1 Å². The summed E-state index contributed by atoms with van der Waals surface area (Å²) in [7, 11) is 1.68. The molecule has 0 spiro atoms. The van der Waals surface area contributed by atoms with Gasteiger partial charge in [0, 0.05) is 30.1 Å². The normalized spacial score (nSPS) is 18.5. The molecule has 88 valence electrons. The van der Waals surface area contributed by atoms with Crippen molar-refractivity contribution in [3.63, 3.8) is 0 Å². The molecule has 0 saturated heterocycles. The number of methoxy groups -OCH3 is 1. The van der Waals surface area contributed by atoms with E-state index in [4.69, 9.17) is 4.74 Å².